The summed E-state index contributed by atoms with van der Waals surface area (Å²) in [7, 11) is 0. The number of rotatable bonds is 6. The molecule has 1 aromatic carbocycles. The minimum absolute atomic E-state index is 0.139. The van der Waals surface area contributed by atoms with Crippen LogP contribution in [0.25, 0.3) is 11.6 Å². The monoisotopic (exact) mass is 382 g/mol. The van der Waals surface area contributed by atoms with E-state index in [2.05, 4.69) is 21.7 Å². The lowest BCUT2D eigenvalue weighted by Gasteiger charge is -2.15. The Morgan fingerprint density at radius 3 is 2.59 bits per heavy atom. The van der Waals surface area contributed by atoms with E-state index in [0.29, 0.717) is 0 Å². The lowest BCUT2D eigenvalue weighted by atomic mass is 10.1. The van der Waals surface area contributed by atoms with Crippen LogP contribution in [-0.2, 0) is 12.3 Å². The number of thioether (sulfide) groups is 1. The number of hydrogen-bond donors (Lipinski definition) is 0. The molecule has 1 aliphatic heterocycles. The zero-order chi connectivity index (χ0) is 18.6. The average Bonchev–Trinajstić information content (AvgIpc) is 3.47. The average molecular weight is 382 g/mol. The summed E-state index contributed by atoms with van der Waals surface area (Å²) in [5, 5.41) is 9.44. The number of aromatic nitrogens is 3. The Kier molecular flexibility index (Phi) is 5.29. The molecule has 0 atom stereocenters. The maximum Gasteiger partial charge on any atom is 0.253 e. The first-order valence-electron chi connectivity index (χ1n) is 9.24. The SMILES string of the molecule is CCn1c(SCc2ccc(C(=O)N3CCCC3)cc2)nnc1-c1ccco1. The highest BCUT2D eigenvalue weighted by atomic mass is 32.2. The molecule has 0 spiro atoms. The number of hydrogen-bond acceptors (Lipinski definition) is 5. The van der Waals surface area contributed by atoms with Gasteiger partial charge in [0.15, 0.2) is 16.7 Å². The number of likely N-dealkylation sites (tertiary alicyclic amines) is 1. The number of amides is 1. The highest BCUT2D eigenvalue weighted by Gasteiger charge is 2.19. The Morgan fingerprint density at radius 2 is 1.93 bits per heavy atom. The largest absolute Gasteiger partial charge is 0.461 e. The van der Waals surface area contributed by atoms with Crippen LogP contribution in [0.5, 0.6) is 0 Å². The molecule has 0 N–H and O–H groups in total. The zero-order valence-electron chi connectivity index (χ0n) is 15.3. The van der Waals surface area contributed by atoms with Crippen LogP contribution >= 0.6 is 11.8 Å². The van der Waals surface area contributed by atoms with Gasteiger partial charge in [-0.25, -0.2) is 0 Å². The van der Waals surface area contributed by atoms with E-state index >= 15 is 0 Å². The van der Waals surface area contributed by atoms with E-state index in [1.165, 1.54) is 0 Å². The Hall–Kier alpha value is -2.54. The summed E-state index contributed by atoms with van der Waals surface area (Å²) >= 11 is 1.63. The van der Waals surface area contributed by atoms with Gasteiger partial charge in [-0.3, -0.25) is 9.36 Å². The van der Waals surface area contributed by atoms with Crippen molar-refractivity contribution in [1.82, 2.24) is 19.7 Å². The molecule has 3 heterocycles. The van der Waals surface area contributed by atoms with E-state index < -0.39 is 0 Å². The standard InChI is InChI=1S/C20H22N4O2S/c1-2-24-18(17-6-5-13-26-17)21-22-20(24)27-14-15-7-9-16(10-8-15)19(25)23-11-3-4-12-23/h5-10,13H,2-4,11-12,14H2,1H3. The second kappa shape index (κ2) is 8.00. The van der Waals surface area contributed by atoms with Crippen LogP contribution in [-0.4, -0.2) is 38.7 Å². The number of benzene rings is 1. The summed E-state index contributed by atoms with van der Waals surface area (Å²) in [5.41, 5.74) is 1.92. The second-order valence-corrected chi connectivity index (χ2v) is 7.46. The first kappa shape index (κ1) is 17.9. The molecule has 6 nitrogen and oxygen atoms in total. The van der Waals surface area contributed by atoms with Crippen molar-refractivity contribution in [3.8, 4) is 11.6 Å². The van der Waals surface area contributed by atoms with E-state index in [0.717, 1.165) is 66.1 Å². The molecule has 4 rings (SSSR count). The molecule has 1 amide bonds. The summed E-state index contributed by atoms with van der Waals surface area (Å²) in [6, 6.07) is 11.6. The molecule has 0 saturated carbocycles. The lowest BCUT2D eigenvalue weighted by molar-refractivity contribution is 0.0793. The van der Waals surface area contributed by atoms with Gasteiger partial charge < -0.3 is 9.32 Å². The molecule has 1 aliphatic rings. The van der Waals surface area contributed by atoms with Crippen LogP contribution in [0, 0.1) is 0 Å². The molecule has 0 bridgehead atoms. The summed E-state index contributed by atoms with van der Waals surface area (Å²) in [6.07, 6.45) is 3.86. The van der Waals surface area contributed by atoms with Crippen LogP contribution in [0.15, 0.2) is 52.2 Å². The summed E-state index contributed by atoms with van der Waals surface area (Å²) in [5.74, 6) is 2.38. The molecule has 7 heteroatoms. The predicted molar refractivity (Wildman–Crippen MR) is 105 cm³/mol. The molecular formula is C20H22N4O2S. The van der Waals surface area contributed by atoms with Gasteiger partial charge in [0, 0.05) is 31.0 Å². The van der Waals surface area contributed by atoms with Crippen molar-refractivity contribution in [2.75, 3.05) is 13.1 Å². The molecule has 0 unspecified atom stereocenters. The van der Waals surface area contributed by atoms with E-state index in [1.807, 2.05) is 41.3 Å². The van der Waals surface area contributed by atoms with Gasteiger partial charge in [0.2, 0.25) is 0 Å². The fourth-order valence-electron chi connectivity index (χ4n) is 3.26. The van der Waals surface area contributed by atoms with E-state index in [1.54, 1.807) is 18.0 Å². The fraction of sp³-hybridized carbons (Fsp3) is 0.350. The van der Waals surface area contributed by atoms with Crippen molar-refractivity contribution in [2.24, 2.45) is 0 Å². The van der Waals surface area contributed by atoms with Crippen molar-refractivity contribution in [2.45, 2.75) is 37.2 Å². The molecule has 1 fully saturated rings. The Morgan fingerprint density at radius 1 is 1.15 bits per heavy atom. The molecule has 27 heavy (non-hydrogen) atoms. The molecule has 0 aliphatic carbocycles. The third-order valence-corrected chi connectivity index (χ3v) is 5.77. The van der Waals surface area contributed by atoms with E-state index in [9.17, 15) is 4.79 Å². The Bertz CT molecular complexity index is 897. The van der Waals surface area contributed by atoms with Crippen molar-refractivity contribution in [1.29, 1.82) is 0 Å². The first-order valence-corrected chi connectivity index (χ1v) is 10.2. The van der Waals surface area contributed by atoms with Crippen LogP contribution in [0.2, 0.25) is 0 Å². The van der Waals surface area contributed by atoms with Crippen LogP contribution < -0.4 is 0 Å². The van der Waals surface area contributed by atoms with Crippen molar-refractivity contribution >= 4 is 17.7 Å². The number of furan rings is 1. The van der Waals surface area contributed by atoms with Gasteiger partial charge in [0.05, 0.1) is 6.26 Å². The molecule has 140 valence electrons. The van der Waals surface area contributed by atoms with Crippen molar-refractivity contribution < 1.29 is 9.21 Å². The lowest BCUT2D eigenvalue weighted by Crippen LogP contribution is -2.27. The number of nitrogens with zero attached hydrogens (tertiary/aromatic N) is 4. The number of carbonyl (C=O) groups excluding carboxylic acids is 1. The molecule has 3 aromatic rings. The van der Waals surface area contributed by atoms with Crippen LogP contribution in [0.3, 0.4) is 0 Å². The van der Waals surface area contributed by atoms with Gasteiger partial charge in [0.1, 0.15) is 0 Å². The van der Waals surface area contributed by atoms with Gasteiger partial charge in [-0.1, -0.05) is 23.9 Å². The van der Waals surface area contributed by atoms with Crippen LogP contribution in [0.4, 0.5) is 0 Å². The smallest absolute Gasteiger partial charge is 0.253 e. The third kappa shape index (κ3) is 3.78. The minimum Gasteiger partial charge on any atom is -0.461 e. The minimum atomic E-state index is 0.139. The number of carbonyl (C=O) groups is 1. The molecule has 2 aromatic heterocycles. The van der Waals surface area contributed by atoms with Crippen molar-refractivity contribution in [3.05, 3.63) is 53.8 Å². The molecule has 1 saturated heterocycles. The van der Waals surface area contributed by atoms with E-state index in [-0.39, 0.29) is 5.91 Å². The van der Waals surface area contributed by atoms with Gasteiger partial charge in [-0.15, -0.1) is 10.2 Å². The third-order valence-electron chi connectivity index (χ3n) is 4.74. The van der Waals surface area contributed by atoms with Gasteiger partial charge in [0.25, 0.3) is 5.91 Å². The van der Waals surface area contributed by atoms with Gasteiger partial charge >= 0.3 is 0 Å². The van der Waals surface area contributed by atoms with Gasteiger partial charge in [-0.05, 0) is 49.6 Å². The highest BCUT2D eigenvalue weighted by molar-refractivity contribution is 7.98. The first-order chi connectivity index (χ1) is 13.3. The predicted octanol–water partition coefficient (Wildman–Crippen LogP) is 4.09. The zero-order valence-corrected chi connectivity index (χ0v) is 16.1. The highest BCUT2D eigenvalue weighted by Crippen LogP contribution is 2.26. The van der Waals surface area contributed by atoms with Gasteiger partial charge in [-0.2, -0.15) is 0 Å². The maximum absolute atomic E-state index is 12.4. The topological polar surface area (TPSA) is 64.2 Å². The normalized spacial score (nSPS) is 14.0. The van der Waals surface area contributed by atoms with Crippen molar-refractivity contribution in [3.63, 3.8) is 0 Å². The maximum atomic E-state index is 12.4. The molecular weight excluding hydrogens is 360 g/mol. The fourth-order valence-corrected chi connectivity index (χ4v) is 4.22. The van der Waals surface area contributed by atoms with E-state index in [4.69, 9.17) is 4.42 Å². The summed E-state index contributed by atoms with van der Waals surface area (Å²) in [4.78, 5) is 14.4. The van der Waals surface area contributed by atoms with Crippen LogP contribution in [0.1, 0.15) is 35.7 Å². The molecule has 0 radical (unpaired) electrons. The summed E-state index contributed by atoms with van der Waals surface area (Å²) < 4.78 is 7.50. The quantitative estimate of drug-likeness (QED) is 0.601. The Labute approximate surface area is 162 Å². The second-order valence-electron chi connectivity index (χ2n) is 6.51. The summed E-state index contributed by atoms with van der Waals surface area (Å²) in [6.45, 7) is 4.59. The Balaban J connectivity index is 1.42.